The van der Waals surface area contributed by atoms with Crippen molar-refractivity contribution in [2.75, 3.05) is 17.2 Å². The van der Waals surface area contributed by atoms with E-state index in [-0.39, 0.29) is 5.91 Å². The molecule has 6 heteroatoms. The summed E-state index contributed by atoms with van der Waals surface area (Å²) in [5.41, 5.74) is 3.13. The molecule has 0 fully saturated rings. The standard InChI is InChI=1S/C20H19ClN4O/c1-14-13-16(21)7-8-17(14)24-19(26)18-10-12-23-20(25-18)22-11-9-15-5-3-2-4-6-15/h2-8,10,12-13H,9,11H2,1H3,(H,24,26)(H,22,23,25). The molecule has 3 rings (SSSR count). The van der Waals surface area contributed by atoms with Gasteiger partial charge in [0.15, 0.2) is 0 Å². The van der Waals surface area contributed by atoms with Gasteiger partial charge in [-0.1, -0.05) is 41.9 Å². The molecule has 5 nitrogen and oxygen atoms in total. The van der Waals surface area contributed by atoms with E-state index >= 15 is 0 Å². The highest BCUT2D eigenvalue weighted by Crippen LogP contribution is 2.20. The number of aromatic nitrogens is 2. The maximum Gasteiger partial charge on any atom is 0.274 e. The lowest BCUT2D eigenvalue weighted by Gasteiger charge is -2.09. The average molecular weight is 367 g/mol. The quantitative estimate of drug-likeness (QED) is 0.680. The third-order valence-corrected chi connectivity index (χ3v) is 4.10. The van der Waals surface area contributed by atoms with Crippen LogP contribution in [-0.2, 0) is 6.42 Å². The molecule has 0 radical (unpaired) electrons. The molecule has 3 aromatic rings. The molecule has 2 aromatic carbocycles. The number of rotatable bonds is 6. The number of carbonyl (C=O) groups excluding carboxylic acids is 1. The third kappa shape index (κ3) is 4.80. The molecule has 26 heavy (non-hydrogen) atoms. The summed E-state index contributed by atoms with van der Waals surface area (Å²) in [6.07, 6.45) is 2.42. The van der Waals surface area contributed by atoms with Crippen LogP contribution in [-0.4, -0.2) is 22.4 Å². The Morgan fingerprint density at radius 2 is 1.92 bits per heavy atom. The molecule has 2 N–H and O–H groups in total. The average Bonchev–Trinajstić information content (AvgIpc) is 2.65. The molecule has 1 aromatic heterocycles. The van der Waals surface area contributed by atoms with E-state index < -0.39 is 0 Å². The molecule has 0 aliphatic heterocycles. The molecule has 0 aliphatic carbocycles. The van der Waals surface area contributed by atoms with Crippen LogP contribution in [0.5, 0.6) is 0 Å². The molecular weight excluding hydrogens is 348 g/mol. The molecule has 0 saturated heterocycles. The topological polar surface area (TPSA) is 66.9 Å². The van der Waals surface area contributed by atoms with E-state index in [2.05, 4.69) is 32.7 Å². The van der Waals surface area contributed by atoms with Crippen molar-refractivity contribution in [3.05, 3.63) is 82.6 Å². The van der Waals surface area contributed by atoms with Crippen molar-refractivity contribution in [2.24, 2.45) is 0 Å². The highest BCUT2D eigenvalue weighted by Gasteiger charge is 2.10. The van der Waals surface area contributed by atoms with E-state index in [1.54, 1.807) is 30.5 Å². The second kappa shape index (κ2) is 8.45. The van der Waals surface area contributed by atoms with Gasteiger partial charge in [0, 0.05) is 23.5 Å². The van der Waals surface area contributed by atoms with Crippen LogP contribution in [0.1, 0.15) is 21.6 Å². The first-order valence-electron chi connectivity index (χ1n) is 8.30. The monoisotopic (exact) mass is 366 g/mol. The fraction of sp³-hybridized carbons (Fsp3) is 0.150. The Morgan fingerprint density at radius 1 is 1.12 bits per heavy atom. The number of anilines is 2. The minimum Gasteiger partial charge on any atom is -0.354 e. The number of nitrogens with zero attached hydrogens (tertiary/aromatic N) is 2. The highest BCUT2D eigenvalue weighted by atomic mass is 35.5. The summed E-state index contributed by atoms with van der Waals surface area (Å²) in [5, 5.41) is 6.63. The van der Waals surface area contributed by atoms with E-state index in [1.807, 2.05) is 25.1 Å². The van der Waals surface area contributed by atoms with E-state index in [1.165, 1.54) is 5.56 Å². The number of aryl methyl sites for hydroxylation is 1. The van der Waals surface area contributed by atoms with Crippen molar-refractivity contribution >= 4 is 29.1 Å². The van der Waals surface area contributed by atoms with Gasteiger partial charge in [0.05, 0.1) is 0 Å². The molecule has 0 atom stereocenters. The minimum absolute atomic E-state index is 0.288. The van der Waals surface area contributed by atoms with Crippen LogP contribution in [0.2, 0.25) is 5.02 Å². The summed E-state index contributed by atoms with van der Waals surface area (Å²) in [6, 6.07) is 17.0. The fourth-order valence-electron chi connectivity index (χ4n) is 2.49. The summed E-state index contributed by atoms with van der Waals surface area (Å²) in [7, 11) is 0. The smallest absolute Gasteiger partial charge is 0.274 e. The Kier molecular flexibility index (Phi) is 5.81. The van der Waals surface area contributed by atoms with Crippen molar-refractivity contribution in [3.8, 4) is 0 Å². The predicted molar refractivity (Wildman–Crippen MR) is 105 cm³/mol. The lowest BCUT2D eigenvalue weighted by Crippen LogP contribution is -2.16. The van der Waals surface area contributed by atoms with Gasteiger partial charge in [0.1, 0.15) is 5.69 Å². The summed E-state index contributed by atoms with van der Waals surface area (Å²) < 4.78 is 0. The van der Waals surface area contributed by atoms with Crippen molar-refractivity contribution < 1.29 is 4.79 Å². The number of hydrogen-bond donors (Lipinski definition) is 2. The van der Waals surface area contributed by atoms with E-state index in [4.69, 9.17) is 11.6 Å². The Bertz CT molecular complexity index is 899. The number of carbonyl (C=O) groups is 1. The Balaban J connectivity index is 1.61. The molecule has 1 amide bonds. The number of halogens is 1. The number of nitrogens with one attached hydrogen (secondary N) is 2. The number of amides is 1. The second-order valence-corrected chi connectivity index (χ2v) is 6.28. The summed E-state index contributed by atoms with van der Waals surface area (Å²) >= 11 is 5.94. The van der Waals surface area contributed by atoms with Crippen LogP contribution in [0.4, 0.5) is 11.6 Å². The lowest BCUT2D eigenvalue weighted by molar-refractivity contribution is 0.102. The Labute approximate surface area is 157 Å². The summed E-state index contributed by atoms with van der Waals surface area (Å²) in [5.74, 6) is 0.144. The van der Waals surface area contributed by atoms with Crippen LogP contribution in [0.3, 0.4) is 0 Å². The Hall–Kier alpha value is -2.92. The normalized spacial score (nSPS) is 10.4. The van der Waals surface area contributed by atoms with Crippen LogP contribution in [0.15, 0.2) is 60.8 Å². The second-order valence-electron chi connectivity index (χ2n) is 5.84. The van der Waals surface area contributed by atoms with Gasteiger partial charge >= 0.3 is 0 Å². The van der Waals surface area contributed by atoms with Gasteiger partial charge < -0.3 is 10.6 Å². The van der Waals surface area contributed by atoms with Crippen molar-refractivity contribution in [1.82, 2.24) is 9.97 Å². The number of hydrogen-bond acceptors (Lipinski definition) is 4. The largest absolute Gasteiger partial charge is 0.354 e. The van der Waals surface area contributed by atoms with Gasteiger partial charge in [-0.25, -0.2) is 9.97 Å². The van der Waals surface area contributed by atoms with Crippen LogP contribution in [0.25, 0.3) is 0 Å². The SMILES string of the molecule is Cc1cc(Cl)ccc1NC(=O)c1ccnc(NCCc2ccccc2)n1. The molecule has 0 spiro atoms. The predicted octanol–water partition coefficient (Wildman–Crippen LogP) is 4.35. The van der Waals surface area contributed by atoms with Gasteiger partial charge in [-0.05, 0) is 48.7 Å². The number of benzene rings is 2. The van der Waals surface area contributed by atoms with E-state index in [0.717, 1.165) is 12.0 Å². The van der Waals surface area contributed by atoms with Gasteiger partial charge in [-0.3, -0.25) is 4.79 Å². The van der Waals surface area contributed by atoms with Crippen LogP contribution in [0, 0.1) is 6.92 Å². The minimum atomic E-state index is -0.288. The van der Waals surface area contributed by atoms with Gasteiger partial charge in [0.2, 0.25) is 5.95 Å². The molecular formula is C20H19ClN4O. The molecule has 0 unspecified atom stereocenters. The zero-order valence-corrected chi connectivity index (χ0v) is 15.1. The first-order chi connectivity index (χ1) is 12.6. The van der Waals surface area contributed by atoms with Crippen LogP contribution >= 0.6 is 11.6 Å². The van der Waals surface area contributed by atoms with Gasteiger partial charge in [0.25, 0.3) is 5.91 Å². The van der Waals surface area contributed by atoms with Crippen molar-refractivity contribution in [1.29, 1.82) is 0 Å². The van der Waals surface area contributed by atoms with E-state index in [0.29, 0.717) is 28.9 Å². The zero-order chi connectivity index (χ0) is 18.4. The molecule has 0 aliphatic rings. The van der Waals surface area contributed by atoms with Crippen molar-refractivity contribution in [3.63, 3.8) is 0 Å². The fourth-order valence-corrected chi connectivity index (χ4v) is 2.71. The maximum atomic E-state index is 12.4. The lowest BCUT2D eigenvalue weighted by atomic mass is 10.1. The molecule has 0 saturated carbocycles. The molecule has 1 heterocycles. The van der Waals surface area contributed by atoms with E-state index in [9.17, 15) is 4.79 Å². The van der Waals surface area contributed by atoms with Gasteiger partial charge in [-0.15, -0.1) is 0 Å². The maximum absolute atomic E-state index is 12.4. The highest BCUT2D eigenvalue weighted by molar-refractivity contribution is 6.30. The first-order valence-corrected chi connectivity index (χ1v) is 8.68. The summed E-state index contributed by atoms with van der Waals surface area (Å²) in [4.78, 5) is 20.9. The Morgan fingerprint density at radius 3 is 2.69 bits per heavy atom. The molecule has 0 bridgehead atoms. The molecule has 132 valence electrons. The zero-order valence-electron chi connectivity index (χ0n) is 14.4. The van der Waals surface area contributed by atoms with Crippen molar-refractivity contribution in [2.45, 2.75) is 13.3 Å². The first kappa shape index (κ1) is 17.9. The summed E-state index contributed by atoms with van der Waals surface area (Å²) in [6.45, 7) is 2.57. The van der Waals surface area contributed by atoms with Crippen LogP contribution < -0.4 is 10.6 Å². The van der Waals surface area contributed by atoms with Gasteiger partial charge in [-0.2, -0.15) is 0 Å². The third-order valence-electron chi connectivity index (χ3n) is 3.86.